The van der Waals surface area contributed by atoms with E-state index in [4.69, 9.17) is 0 Å². The fraction of sp³-hybridized carbons (Fsp3) is 0.538. The highest BCUT2D eigenvalue weighted by molar-refractivity contribution is 7.89. The molecule has 0 amide bonds. The third-order valence-electron chi connectivity index (χ3n) is 3.75. The number of hydrogen-bond donors (Lipinski definition) is 1. The summed E-state index contributed by atoms with van der Waals surface area (Å²) in [6.45, 7) is 1.32. The zero-order valence-corrected chi connectivity index (χ0v) is 13.9. The molecule has 0 aliphatic carbocycles. The maximum Gasteiger partial charge on any atom is 0.419 e. The van der Waals surface area contributed by atoms with Crippen LogP contribution >= 0.6 is 12.4 Å². The molecule has 1 heterocycles. The maximum atomic E-state index is 13.6. The predicted molar refractivity (Wildman–Crippen MR) is 79.5 cm³/mol. The summed E-state index contributed by atoms with van der Waals surface area (Å²) in [7, 11) is -2.66. The van der Waals surface area contributed by atoms with Crippen LogP contribution in [0.2, 0.25) is 0 Å². The summed E-state index contributed by atoms with van der Waals surface area (Å²) >= 11 is 0. The lowest BCUT2D eigenvalue weighted by Gasteiger charge is -2.30. The molecular formula is C13H17ClF4N2O2S. The Kier molecular flexibility index (Phi) is 6.42. The molecule has 0 saturated carbocycles. The molecule has 1 saturated heterocycles. The Morgan fingerprint density at radius 2 is 1.78 bits per heavy atom. The Hall–Kier alpha value is -0.900. The Bertz CT molecular complexity index is 646. The number of nitrogens with zero attached hydrogens (tertiary/aromatic N) is 1. The molecule has 1 aliphatic heterocycles. The van der Waals surface area contributed by atoms with Gasteiger partial charge in [-0.15, -0.1) is 12.4 Å². The third-order valence-corrected chi connectivity index (χ3v) is 5.65. The van der Waals surface area contributed by atoms with Crippen molar-refractivity contribution in [2.75, 3.05) is 20.1 Å². The van der Waals surface area contributed by atoms with E-state index in [1.165, 1.54) is 7.05 Å². The van der Waals surface area contributed by atoms with Crippen molar-refractivity contribution < 1.29 is 26.0 Å². The fourth-order valence-electron chi connectivity index (χ4n) is 2.42. The molecule has 1 fully saturated rings. The zero-order chi connectivity index (χ0) is 16.5. The van der Waals surface area contributed by atoms with E-state index in [0.717, 1.165) is 10.4 Å². The lowest BCUT2D eigenvalue weighted by Crippen LogP contribution is -2.43. The van der Waals surface area contributed by atoms with Gasteiger partial charge in [0.25, 0.3) is 0 Å². The first kappa shape index (κ1) is 20.1. The lowest BCUT2D eigenvalue weighted by atomic mass is 10.1. The van der Waals surface area contributed by atoms with Gasteiger partial charge < -0.3 is 5.32 Å². The summed E-state index contributed by atoms with van der Waals surface area (Å²) in [6.07, 6.45) is -3.66. The van der Waals surface area contributed by atoms with E-state index in [-0.39, 0.29) is 18.4 Å². The largest absolute Gasteiger partial charge is 0.419 e. The van der Waals surface area contributed by atoms with Gasteiger partial charge in [-0.05, 0) is 44.1 Å². The van der Waals surface area contributed by atoms with Crippen LogP contribution in [0.5, 0.6) is 0 Å². The molecule has 0 atom stereocenters. The molecule has 0 bridgehead atoms. The maximum absolute atomic E-state index is 13.6. The molecule has 1 aromatic carbocycles. The molecule has 0 spiro atoms. The van der Waals surface area contributed by atoms with E-state index in [0.29, 0.717) is 38.1 Å². The summed E-state index contributed by atoms with van der Waals surface area (Å²) in [5.74, 6) is -1.59. The van der Waals surface area contributed by atoms with Gasteiger partial charge in [-0.2, -0.15) is 17.5 Å². The van der Waals surface area contributed by atoms with Crippen LogP contribution < -0.4 is 5.32 Å². The Labute approximate surface area is 138 Å². The van der Waals surface area contributed by atoms with Crippen LogP contribution in [0.25, 0.3) is 0 Å². The molecular weight excluding hydrogens is 360 g/mol. The van der Waals surface area contributed by atoms with Gasteiger partial charge in [0.2, 0.25) is 10.0 Å². The van der Waals surface area contributed by atoms with E-state index in [9.17, 15) is 26.0 Å². The highest BCUT2D eigenvalue weighted by atomic mass is 35.5. The molecule has 2 rings (SSSR count). The van der Waals surface area contributed by atoms with Crippen molar-refractivity contribution in [3.05, 3.63) is 29.6 Å². The first-order valence-electron chi connectivity index (χ1n) is 6.69. The Balaban J connectivity index is 0.00000264. The van der Waals surface area contributed by atoms with Crippen LogP contribution in [0.3, 0.4) is 0 Å². The molecule has 0 radical (unpaired) electrons. The number of hydrogen-bond acceptors (Lipinski definition) is 3. The van der Waals surface area contributed by atoms with Crippen LogP contribution in [-0.4, -0.2) is 38.9 Å². The normalized spacial score (nSPS) is 17.1. The minimum atomic E-state index is -4.85. The van der Waals surface area contributed by atoms with Gasteiger partial charge in [-0.25, -0.2) is 12.8 Å². The summed E-state index contributed by atoms with van der Waals surface area (Å²) < 4.78 is 77.0. The van der Waals surface area contributed by atoms with Gasteiger partial charge >= 0.3 is 6.18 Å². The summed E-state index contributed by atoms with van der Waals surface area (Å²) in [5, 5.41) is 3.09. The van der Waals surface area contributed by atoms with E-state index in [1.807, 2.05) is 0 Å². The molecule has 0 aromatic heterocycles. The topological polar surface area (TPSA) is 49.4 Å². The van der Waals surface area contributed by atoms with Gasteiger partial charge in [0, 0.05) is 13.1 Å². The van der Waals surface area contributed by atoms with E-state index in [1.54, 1.807) is 0 Å². The highest BCUT2D eigenvalue weighted by Crippen LogP contribution is 2.33. The van der Waals surface area contributed by atoms with Crippen LogP contribution in [0.1, 0.15) is 18.4 Å². The highest BCUT2D eigenvalue weighted by Gasteiger charge is 2.36. The minimum absolute atomic E-state index is 0. The SMILES string of the molecule is CN(C1CCNCC1)S(=O)(=O)c1ccc(C(F)(F)F)c(F)c1.Cl. The van der Waals surface area contributed by atoms with Crippen LogP contribution in [0.4, 0.5) is 17.6 Å². The van der Waals surface area contributed by atoms with Crippen LogP contribution in [0, 0.1) is 5.82 Å². The van der Waals surface area contributed by atoms with Crippen molar-refractivity contribution >= 4 is 22.4 Å². The molecule has 0 unspecified atom stereocenters. The first-order chi connectivity index (χ1) is 10.1. The van der Waals surface area contributed by atoms with E-state index in [2.05, 4.69) is 5.32 Å². The second kappa shape index (κ2) is 7.33. The summed E-state index contributed by atoms with van der Waals surface area (Å²) in [4.78, 5) is -0.473. The Morgan fingerprint density at radius 3 is 2.26 bits per heavy atom. The number of nitrogens with one attached hydrogen (secondary N) is 1. The van der Waals surface area contributed by atoms with E-state index >= 15 is 0 Å². The van der Waals surface area contributed by atoms with Gasteiger partial charge in [0.1, 0.15) is 5.82 Å². The van der Waals surface area contributed by atoms with Crippen molar-refractivity contribution in [3.63, 3.8) is 0 Å². The number of benzene rings is 1. The van der Waals surface area contributed by atoms with Crippen molar-refractivity contribution in [2.24, 2.45) is 0 Å². The standard InChI is InChI=1S/C13H16F4N2O2S.ClH/c1-19(9-4-6-18-7-5-9)22(20,21)10-2-3-11(12(14)8-10)13(15,16)17;/h2-3,8-9,18H,4-7H2,1H3;1H. The van der Waals surface area contributed by atoms with Crippen molar-refractivity contribution in [1.82, 2.24) is 9.62 Å². The van der Waals surface area contributed by atoms with Gasteiger partial charge in [-0.1, -0.05) is 0 Å². The number of piperidine rings is 1. The van der Waals surface area contributed by atoms with Crippen LogP contribution in [-0.2, 0) is 16.2 Å². The molecule has 4 nitrogen and oxygen atoms in total. The quantitative estimate of drug-likeness (QED) is 0.825. The van der Waals surface area contributed by atoms with E-state index < -0.39 is 32.5 Å². The Morgan fingerprint density at radius 1 is 1.22 bits per heavy atom. The molecule has 132 valence electrons. The molecule has 1 aromatic rings. The second-order valence-corrected chi connectivity index (χ2v) is 7.14. The zero-order valence-electron chi connectivity index (χ0n) is 12.2. The van der Waals surface area contributed by atoms with Crippen LogP contribution in [0.15, 0.2) is 23.1 Å². The number of alkyl halides is 3. The number of rotatable bonds is 3. The molecule has 23 heavy (non-hydrogen) atoms. The average Bonchev–Trinajstić information content (AvgIpc) is 2.46. The van der Waals surface area contributed by atoms with Gasteiger partial charge in [-0.3, -0.25) is 0 Å². The summed E-state index contributed by atoms with van der Waals surface area (Å²) in [6, 6.07) is 1.42. The predicted octanol–water partition coefficient (Wildman–Crippen LogP) is 2.64. The third kappa shape index (κ3) is 4.34. The smallest absolute Gasteiger partial charge is 0.317 e. The molecule has 10 heteroatoms. The number of halogens is 5. The first-order valence-corrected chi connectivity index (χ1v) is 8.13. The monoisotopic (exact) mass is 376 g/mol. The van der Waals surface area contributed by atoms with Crippen molar-refractivity contribution in [2.45, 2.75) is 30.0 Å². The second-order valence-electron chi connectivity index (χ2n) is 5.14. The number of sulfonamides is 1. The van der Waals surface area contributed by atoms with Crippen molar-refractivity contribution in [1.29, 1.82) is 0 Å². The van der Waals surface area contributed by atoms with Crippen molar-refractivity contribution in [3.8, 4) is 0 Å². The average molecular weight is 377 g/mol. The fourth-order valence-corrected chi connectivity index (χ4v) is 3.85. The summed E-state index contributed by atoms with van der Waals surface area (Å²) in [5.41, 5.74) is -1.48. The molecule has 1 N–H and O–H groups in total. The van der Waals surface area contributed by atoms with Gasteiger partial charge in [0.05, 0.1) is 10.5 Å². The van der Waals surface area contributed by atoms with Gasteiger partial charge in [0.15, 0.2) is 0 Å². The lowest BCUT2D eigenvalue weighted by molar-refractivity contribution is -0.140. The minimum Gasteiger partial charge on any atom is -0.317 e. The molecule has 1 aliphatic rings.